The maximum Gasteiger partial charge on any atom is 0.146 e. The average Bonchev–Trinajstić information content (AvgIpc) is 2.96. The molecular formula is C16H24N4. The molecule has 1 aliphatic heterocycles. The number of nitrogens with one attached hydrogen (secondary N) is 1. The summed E-state index contributed by atoms with van der Waals surface area (Å²) in [6, 6.07) is 4.76. The number of nitriles is 1. The number of rotatable bonds is 6. The number of hydrogen-bond acceptors (Lipinski definition) is 4. The fourth-order valence-electron chi connectivity index (χ4n) is 2.73. The van der Waals surface area contributed by atoms with Gasteiger partial charge in [-0.2, -0.15) is 5.26 Å². The van der Waals surface area contributed by atoms with Gasteiger partial charge in [0.1, 0.15) is 11.9 Å². The van der Waals surface area contributed by atoms with Gasteiger partial charge < -0.3 is 10.2 Å². The Labute approximate surface area is 121 Å². The highest BCUT2D eigenvalue weighted by Gasteiger charge is 2.21. The number of aromatic nitrogens is 1. The topological polar surface area (TPSA) is 52.0 Å². The van der Waals surface area contributed by atoms with E-state index in [1.54, 1.807) is 0 Å². The molecule has 1 aliphatic rings. The first-order chi connectivity index (χ1) is 9.76. The molecular weight excluding hydrogens is 248 g/mol. The van der Waals surface area contributed by atoms with Gasteiger partial charge in [0.15, 0.2) is 0 Å². The van der Waals surface area contributed by atoms with Gasteiger partial charge in [-0.05, 0) is 44.4 Å². The van der Waals surface area contributed by atoms with Crippen LogP contribution in [0.2, 0.25) is 0 Å². The fraction of sp³-hybridized carbons (Fsp3) is 0.625. The molecule has 0 radical (unpaired) electrons. The summed E-state index contributed by atoms with van der Waals surface area (Å²) in [6.45, 7) is 7.21. The molecule has 1 fully saturated rings. The van der Waals surface area contributed by atoms with Crippen LogP contribution in [0.3, 0.4) is 0 Å². The molecule has 1 N–H and O–H groups in total. The number of hydrogen-bond donors (Lipinski definition) is 1. The number of anilines is 1. The number of aryl methyl sites for hydroxylation is 1. The van der Waals surface area contributed by atoms with Crippen molar-refractivity contribution >= 4 is 5.82 Å². The van der Waals surface area contributed by atoms with E-state index in [9.17, 15) is 5.26 Å². The minimum Gasteiger partial charge on any atom is -0.354 e. The zero-order chi connectivity index (χ0) is 14.4. The lowest BCUT2D eigenvalue weighted by molar-refractivity contribution is 0.569. The quantitative estimate of drug-likeness (QED) is 0.865. The lowest BCUT2D eigenvalue weighted by Gasteiger charge is -2.28. The SMILES string of the molecule is CCCCN(CC1CCCN1)c1nccc(C)c1C#N. The number of pyridine rings is 1. The zero-order valence-electron chi connectivity index (χ0n) is 12.5. The van der Waals surface area contributed by atoms with Crippen LogP contribution in [0.25, 0.3) is 0 Å². The number of nitrogens with zero attached hydrogens (tertiary/aromatic N) is 3. The van der Waals surface area contributed by atoms with Crippen molar-refractivity contribution in [1.29, 1.82) is 5.26 Å². The highest BCUT2D eigenvalue weighted by Crippen LogP contribution is 2.22. The summed E-state index contributed by atoms with van der Waals surface area (Å²) in [5.74, 6) is 0.856. The van der Waals surface area contributed by atoms with Crippen molar-refractivity contribution in [2.24, 2.45) is 0 Å². The van der Waals surface area contributed by atoms with E-state index in [4.69, 9.17) is 0 Å². The molecule has 0 bridgehead atoms. The van der Waals surface area contributed by atoms with Gasteiger partial charge in [-0.3, -0.25) is 0 Å². The van der Waals surface area contributed by atoms with Gasteiger partial charge in [-0.25, -0.2) is 4.98 Å². The van der Waals surface area contributed by atoms with Crippen LogP contribution in [0.5, 0.6) is 0 Å². The minimum absolute atomic E-state index is 0.528. The third-order valence-corrected chi connectivity index (χ3v) is 3.94. The molecule has 0 saturated carbocycles. The predicted molar refractivity (Wildman–Crippen MR) is 81.8 cm³/mol. The standard InChI is InChI=1S/C16H24N4/c1-3-4-10-20(12-14-6-5-8-18-14)16-15(11-17)13(2)7-9-19-16/h7,9,14,18H,3-6,8,10,12H2,1-2H3. The first kappa shape index (κ1) is 14.8. The molecule has 0 amide bonds. The second-order valence-corrected chi connectivity index (χ2v) is 5.53. The van der Waals surface area contributed by atoms with E-state index in [2.05, 4.69) is 28.2 Å². The van der Waals surface area contributed by atoms with E-state index >= 15 is 0 Å². The summed E-state index contributed by atoms with van der Waals surface area (Å²) in [4.78, 5) is 6.77. The molecule has 1 atom stereocenters. The van der Waals surface area contributed by atoms with Crippen molar-refractivity contribution in [3.05, 3.63) is 23.4 Å². The summed E-state index contributed by atoms with van der Waals surface area (Å²) in [5.41, 5.74) is 1.74. The Balaban J connectivity index is 2.21. The van der Waals surface area contributed by atoms with Crippen LogP contribution in [-0.2, 0) is 0 Å². The maximum atomic E-state index is 9.40. The van der Waals surface area contributed by atoms with E-state index in [1.165, 1.54) is 12.8 Å². The minimum atomic E-state index is 0.528. The smallest absolute Gasteiger partial charge is 0.146 e. The molecule has 4 heteroatoms. The highest BCUT2D eigenvalue weighted by atomic mass is 15.2. The third-order valence-electron chi connectivity index (χ3n) is 3.94. The molecule has 1 aromatic rings. The Hall–Kier alpha value is -1.60. The Bertz CT molecular complexity index is 472. The first-order valence-corrected chi connectivity index (χ1v) is 7.60. The van der Waals surface area contributed by atoms with Crippen molar-refractivity contribution in [1.82, 2.24) is 10.3 Å². The van der Waals surface area contributed by atoms with Crippen molar-refractivity contribution in [2.75, 3.05) is 24.5 Å². The van der Waals surface area contributed by atoms with Crippen LogP contribution in [-0.4, -0.2) is 30.7 Å². The normalized spacial score (nSPS) is 17.9. The van der Waals surface area contributed by atoms with E-state index in [0.717, 1.165) is 49.4 Å². The molecule has 1 saturated heterocycles. The molecule has 1 unspecified atom stereocenters. The van der Waals surface area contributed by atoms with Crippen LogP contribution in [0, 0.1) is 18.3 Å². The second kappa shape index (κ2) is 7.25. The van der Waals surface area contributed by atoms with E-state index < -0.39 is 0 Å². The van der Waals surface area contributed by atoms with Crippen LogP contribution >= 0.6 is 0 Å². The van der Waals surface area contributed by atoms with Gasteiger partial charge >= 0.3 is 0 Å². The third kappa shape index (κ3) is 3.49. The Morgan fingerprint density at radius 1 is 1.55 bits per heavy atom. The first-order valence-electron chi connectivity index (χ1n) is 7.60. The van der Waals surface area contributed by atoms with Crippen molar-refractivity contribution < 1.29 is 0 Å². The molecule has 0 aliphatic carbocycles. The molecule has 1 aromatic heterocycles. The molecule has 2 heterocycles. The van der Waals surface area contributed by atoms with E-state index in [1.807, 2.05) is 19.2 Å². The highest BCUT2D eigenvalue weighted by molar-refractivity contribution is 5.57. The van der Waals surface area contributed by atoms with Crippen molar-refractivity contribution in [2.45, 2.75) is 45.6 Å². The van der Waals surface area contributed by atoms with Crippen molar-refractivity contribution in [3.8, 4) is 6.07 Å². The maximum absolute atomic E-state index is 9.40. The van der Waals surface area contributed by atoms with Gasteiger partial charge in [0, 0.05) is 25.3 Å². The van der Waals surface area contributed by atoms with Crippen LogP contribution in [0.15, 0.2) is 12.3 Å². The summed E-state index contributed by atoms with van der Waals surface area (Å²) >= 11 is 0. The Kier molecular flexibility index (Phi) is 5.37. The molecule has 0 spiro atoms. The lowest BCUT2D eigenvalue weighted by atomic mass is 10.1. The molecule has 0 aromatic carbocycles. The molecule has 2 rings (SSSR count). The largest absolute Gasteiger partial charge is 0.354 e. The van der Waals surface area contributed by atoms with Crippen LogP contribution < -0.4 is 10.2 Å². The van der Waals surface area contributed by atoms with Gasteiger partial charge in [-0.1, -0.05) is 13.3 Å². The van der Waals surface area contributed by atoms with Gasteiger partial charge in [-0.15, -0.1) is 0 Å². The fourth-order valence-corrected chi connectivity index (χ4v) is 2.73. The van der Waals surface area contributed by atoms with Gasteiger partial charge in [0.2, 0.25) is 0 Å². The van der Waals surface area contributed by atoms with Gasteiger partial charge in [0.05, 0.1) is 5.56 Å². The van der Waals surface area contributed by atoms with E-state index in [0.29, 0.717) is 6.04 Å². The second-order valence-electron chi connectivity index (χ2n) is 5.53. The summed E-state index contributed by atoms with van der Waals surface area (Å²) in [6.07, 6.45) is 6.57. The molecule has 20 heavy (non-hydrogen) atoms. The predicted octanol–water partition coefficient (Wildman–Crippen LogP) is 2.62. The van der Waals surface area contributed by atoms with E-state index in [-0.39, 0.29) is 0 Å². The summed E-state index contributed by atoms with van der Waals surface area (Å²) in [7, 11) is 0. The summed E-state index contributed by atoms with van der Waals surface area (Å²) < 4.78 is 0. The molecule has 4 nitrogen and oxygen atoms in total. The Morgan fingerprint density at radius 3 is 3.05 bits per heavy atom. The summed E-state index contributed by atoms with van der Waals surface area (Å²) in [5, 5.41) is 12.9. The Morgan fingerprint density at radius 2 is 2.40 bits per heavy atom. The van der Waals surface area contributed by atoms with Gasteiger partial charge in [0.25, 0.3) is 0 Å². The van der Waals surface area contributed by atoms with Crippen molar-refractivity contribution in [3.63, 3.8) is 0 Å². The zero-order valence-corrected chi connectivity index (χ0v) is 12.5. The van der Waals surface area contributed by atoms with Crippen LogP contribution in [0.4, 0.5) is 5.82 Å². The van der Waals surface area contributed by atoms with Crippen LogP contribution in [0.1, 0.15) is 43.7 Å². The number of unbranched alkanes of at least 4 members (excludes halogenated alkanes) is 1. The monoisotopic (exact) mass is 272 g/mol. The molecule has 108 valence electrons. The lowest BCUT2D eigenvalue weighted by Crippen LogP contribution is -2.39. The average molecular weight is 272 g/mol.